The van der Waals surface area contributed by atoms with Gasteiger partial charge in [-0.15, -0.1) is 0 Å². The predicted molar refractivity (Wildman–Crippen MR) is 71.7 cm³/mol. The number of rotatable bonds is 3. The van der Waals surface area contributed by atoms with Crippen LogP contribution in [0.1, 0.15) is 24.1 Å². The van der Waals surface area contributed by atoms with Crippen molar-refractivity contribution in [3.05, 3.63) is 11.3 Å². The van der Waals surface area contributed by atoms with Gasteiger partial charge in [-0.1, -0.05) is 0 Å². The lowest BCUT2D eigenvalue weighted by atomic mass is 9.97. The Bertz CT molecular complexity index is 467. The molecule has 2 rings (SSSR count). The Kier molecular flexibility index (Phi) is 4.27. The second-order valence-corrected chi connectivity index (χ2v) is 5.37. The van der Waals surface area contributed by atoms with Crippen molar-refractivity contribution in [1.82, 2.24) is 15.1 Å². The Labute approximate surface area is 116 Å². The van der Waals surface area contributed by atoms with E-state index in [1.165, 1.54) is 0 Å². The fourth-order valence-electron chi connectivity index (χ4n) is 2.91. The van der Waals surface area contributed by atoms with Crippen LogP contribution in [0.15, 0.2) is 0 Å². The van der Waals surface area contributed by atoms with Gasteiger partial charge in [-0.3, -0.25) is 4.68 Å². The SMILES string of the molecule is CNCc1c(C)nn(C)c1N1CCCC(C(F)(F)F)C1. The van der Waals surface area contributed by atoms with E-state index >= 15 is 0 Å². The molecule has 0 aliphatic carbocycles. The van der Waals surface area contributed by atoms with Crippen LogP contribution in [0.3, 0.4) is 0 Å². The van der Waals surface area contributed by atoms with Crippen LogP contribution in [0, 0.1) is 12.8 Å². The number of nitrogens with zero attached hydrogens (tertiary/aromatic N) is 3. The number of aryl methyl sites for hydroxylation is 2. The monoisotopic (exact) mass is 290 g/mol. The Morgan fingerprint density at radius 1 is 1.40 bits per heavy atom. The number of aromatic nitrogens is 2. The first kappa shape index (κ1) is 15.2. The quantitative estimate of drug-likeness (QED) is 0.926. The van der Waals surface area contributed by atoms with E-state index in [1.54, 1.807) is 11.7 Å². The van der Waals surface area contributed by atoms with Gasteiger partial charge in [-0.05, 0) is 26.8 Å². The molecule has 1 aromatic heterocycles. The highest BCUT2D eigenvalue weighted by Crippen LogP contribution is 2.36. The van der Waals surface area contributed by atoms with Gasteiger partial charge in [-0.2, -0.15) is 18.3 Å². The summed E-state index contributed by atoms with van der Waals surface area (Å²) in [4.78, 5) is 1.83. The zero-order valence-electron chi connectivity index (χ0n) is 12.1. The minimum absolute atomic E-state index is 0.0270. The van der Waals surface area contributed by atoms with Crippen LogP contribution in [-0.2, 0) is 13.6 Å². The van der Waals surface area contributed by atoms with Crippen molar-refractivity contribution in [2.45, 2.75) is 32.5 Å². The first-order valence-electron chi connectivity index (χ1n) is 6.83. The largest absolute Gasteiger partial charge is 0.393 e. The van der Waals surface area contributed by atoms with Crippen molar-refractivity contribution in [3.8, 4) is 0 Å². The van der Waals surface area contributed by atoms with Crippen LogP contribution in [0.5, 0.6) is 0 Å². The molecule has 0 spiro atoms. The van der Waals surface area contributed by atoms with Crippen LogP contribution < -0.4 is 10.2 Å². The summed E-state index contributed by atoms with van der Waals surface area (Å²) in [6.45, 7) is 3.19. The Morgan fingerprint density at radius 3 is 2.70 bits per heavy atom. The third kappa shape index (κ3) is 2.92. The van der Waals surface area contributed by atoms with Crippen molar-refractivity contribution in [1.29, 1.82) is 0 Å². The number of anilines is 1. The summed E-state index contributed by atoms with van der Waals surface area (Å²) in [5.74, 6) is -0.431. The molecule has 0 bridgehead atoms. The number of hydrogen-bond acceptors (Lipinski definition) is 3. The van der Waals surface area contributed by atoms with E-state index in [-0.39, 0.29) is 13.0 Å². The first-order valence-corrected chi connectivity index (χ1v) is 6.83. The summed E-state index contributed by atoms with van der Waals surface area (Å²) in [5, 5.41) is 7.40. The Balaban J connectivity index is 2.27. The van der Waals surface area contributed by atoms with Crippen LogP contribution in [0.2, 0.25) is 0 Å². The van der Waals surface area contributed by atoms with Gasteiger partial charge in [0.05, 0.1) is 11.6 Å². The Morgan fingerprint density at radius 2 is 2.10 bits per heavy atom. The third-order valence-corrected chi connectivity index (χ3v) is 3.85. The maximum atomic E-state index is 12.9. The molecule has 1 aliphatic heterocycles. The van der Waals surface area contributed by atoms with E-state index in [0.29, 0.717) is 19.5 Å². The highest BCUT2D eigenvalue weighted by atomic mass is 19.4. The van der Waals surface area contributed by atoms with E-state index < -0.39 is 12.1 Å². The minimum atomic E-state index is -4.12. The van der Waals surface area contributed by atoms with Gasteiger partial charge in [0.2, 0.25) is 0 Å². The molecule has 1 fully saturated rings. The fraction of sp³-hybridized carbons (Fsp3) is 0.769. The predicted octanol–water partition coefficient (Wildman–Crippen LogP) is 2.23. The molecule has 0 saturated carbocycles. The molecule has 114 valence electrons. The van der Waals surface area contributed by atoms with Crippen molar-refractivity contribution < 1.29 is 13.2 Å². The van der Waals surface area contributed by atoms with E-state index in [2.05, 4.69) is 10.4 Å². The molecule has 7 heteroatoms. The lowest BCUT2D eigenvalue weighted by molar-refractivity contribution is -0.176. The molecule has 20 heavy (non-hydrogen) atoms. The highest BCUT2D eigenvalue weighted by Gasteiger charge is 2.42. The number of alkyl halides is 3. The summed E-state index contributed by atoms with van der Waals surface area (Å²) in [6, 6.07) is 0. The number of hydrogen-bond donors (Lipinski definition) is 1. The van der Waals surface area contributed by atoms with E-state index in [4.69, 9.17) is 0 Å². The molecule has 1 saturated heterocycles. The van der Waals surface area contributed by atoms with Crippen molar-refractivity contribution >= 4 is 5.82 Å². The molecule has 1 aromatic rings. The van der Waals surface area contributed by atoms with Gasteiger partial charge in [0.15, 0.2) is 0 Å². The summed E-state index contributed by atoms with van der Waals surface area (Å²) in [6.07, 6.45) is -3.33. The lowest BCUT2D eigenvalue weighted by Gasteiger charge is -2.35. The van der Waals surface area contributed by atoms with Gasteiger partial charge < -0.3 is 10.2 Å². The molecular weight excluding hydrogens is 269 g/mol. The third-order valence-electron chi connectivity index (χ3n) is 3.85. The van der Waals surface area contributed by atoms with Crippen molar-refractivity contribution in [2.24, 2.45) is 13.0 Å². The van der Waals surface area contributed by atoms with Gasteiger partial charge >= 0.3 is 6.18 Å². The van der Waals surface area contributed by atoms with Crippen LogP contribution in [0.4, 0.5) is 19.0 Å². The maximum Gasteiger partial charge on any atom is 0.393 e. The zero-order valence-corrected chi connectivity index (χ0v) is 12.1. The van der Waals surface area contributed by atoms with Gasteiger partial charge in [0.1, 0.15) is 5.82 Å². The van der Waals surface area contributed by atoms with Crippen molar-refractivity contribution in [3.63, 3.8) is 0 Å². The highest BCUT2D eigenvalue weighted by molar-refractivity contribution is 5.50. The van der Waals surface area contributed by atoms with E-state index in [9.17, 15) is 13.2 Å². The molecule has 1 aliphatic rings. The number of nitrogens with one attached hydrogen (secondary N) is 1. The Hall–Kier alpha value is -1.24. The zero-order chi connectivity index (χ0) is 14.9. The second-order valence-electron chi connectivity index (χ2n) is 5.37. The molecule has 1 N–H and O–H groups in total. The number of halogens is 3. The molecule has 0 amide bonds. The summed E-state index contributed by atoms with van der Waals surface area (Å²) >= 11 is 0. The van der Waals surface area contributed by atoms with Gasteiger partial charge in [0, 0.05) is 32.2 Å². The molecule has 4 nitrogen and oxygen atoms in total. The molecule has 0 radical (unpaired) electrons. The maximum absolute atomic E-state index is 12.9. The molecule has 1 atom stereocenters. The molecule has 0 aromatic carbocycles. The minimum Gasteiger partial charge on any atom is -0.356 e. The molecule has 1 unspecified atom stereocenters. The van der Waals surface area contributed by atoms with Crippen molar-refractivity contribution in [2.75, 3.05) is 25.0 Å². The topological polar surface area (TPSA) is 33.1 Å². The average Bonchev–Trinajstić information content (AvgIpc) is 2.64. The average molecular weight is 290 g/mol. The second kappa shape index (κ2) is 5.63. The normalized spacial score (nSPS) is 20.5. The molecule has 2 heterocycles. The van der Waals surface area contributed by atoms with Crippen LogP contribution in [0.25, 0.3) is 0 Å². The lowest BCUT2D eigenvalue weighted by Crippen LogP contribution is -2.43. The van der Waals surface area contributed by atoms with Crippen LogP contribution >= 0.6 is 0 Å². The van der Waals surface area contributed by atoms with Gasteiger partial charge in [-0.25, -0.2) is 0 Å². The van der Waals surface area contributed by atoms with E-state index in [0.717, 1.165) is 17.1 Å². The smallest absolute Gasteiger partial charge is 0.356 e. The number of piperidine rings is 1. The van der Waals surface area contributed by atoms with E-state index in [1.807, 2.05) is 18.9 Å². The summed E-state index contributed by atoms with van der Waals surface area (Å²) in [5.41, 5.74) is 1.85. The van der Waals surface area contributed by atoms with Gasteiger partial charge in [0.25, 0.3) is 0 Å². The summed E-state index contributed by atoms with van der Waals surface area (Å²) in [7, 11) is 3.61. The first-order chi connectivity index (χ1) is 9.34. The standard InChI is InChI=1S/C13H21F3N4/c1-9-11(7-17-2)12(19(3)18-9)20-6-4-5-10(8-20)13(14,15)16/h10,17H,4-8H2,1-3H3. The van der Waals surface area contributed by atoms with Crippen LogP contribution in [-0.4, -0.2) is 36.1 Å². The fourth-order valence-corrected chi connectivity index (χ4v) is 2.91. The summed E-state index contributed by atoms with van der Waals surface area (Å²) < 4.78 is 40.5. The molecular formula is C13H21F3N4.